The van der Waals surface area contributed by atoms with Gasteiger partial charge < -0.3 is 9.73 Å². The standard InChI is InChI=1S/C14H10ClN3O2/c15-7-13(19)17-10-3-1-2-9(6-10)14-18-11-8-16-5-4-12(11)20-14/h1-6,8H,7H2,(H,17,19). The second kappa shape index (κ2) is 5.30. The van der Waals surface area contributed by atoms with Crippen molar-refractivity contribution >= 4 is 34.3 Å². The molecule has 20 heavy (non-hydrogen) atoms. The quantitative estimate of drug-likeness (QED) is 0.752. The molecule has 0 fully saturated rings. The number of halogens is 1. The second-order valence-corrected chi connectivity index (χ2v) is 4.39. The molecule has 0 aliphatic carbocycles. The largest absolute Gasteiger partial charge is 0.436 e. The van der Waals surface area contributed by atoms with E-state index in [0.29, 0.717) is 22.7 Å². The number of hydrogen-bond acceptors (Lipinski definition) is 4. The van der Waals surface area contributed by atoms with Gasteiger partial charge in [-0.2, -0.15) is 0 Å². The lowest BCUT2D eigenvalue weighted by atomic mass is 10.2. The average molecular weight is 288 g/mol. The molecule has 3 aromatic rings. The molecule has 0 atom stereocenters. The normalized spacial score (nSPS) is 10.7. The van der Waals surface area contributed by atoms with Crippen molar-refractivity contribution in [3.63, 3.8) is 0 Å². The zero-order chi connectivity index (χ0) is 13.9. The molecular formula is C14H10ClN3O2. The van der Waals surface area contributed by atoms with Crippen molar-refractivity contribution in [3.05, 3.63) is 42.7 Å². The molecule has 100 valence electrons. The Morgan fingerprint density at radius 3 is 3.05 bits per heavy atom. The number of rotatable bonds is 3. The van der Waals surface area contributed by atoms with E-state index in [-0.39, 0.29) is 11.8 Å². The predicted octanol–water partition coefficient (Wildman–Crippen LogP) is 3.07. The van der Waals surface area contributed by atoms with Gasteiger partial charge in [0, 0.05) is 23.5 Å². The van der Waals surface area contributed by atoms with Crippen LogP contribution in [0.25, 0.3) is 22.6 Å². The third-order valence-corrected chi connectivity index (χ3v) is 2.95. The molecule has 1 amide bonds. The molecule has 0 saturated carbocycles. The monoisotopic (exact) mass is 287 g/mol. The number of nitrogens with zero attached hydrogens (tertiary/aromatic N) is 2. The smallest absolute Gasteiger partial charge is 0.239 e. The maximum Gasteiger partial charge on any atom is 0.239 e. The minimum atomic E-state index is -0.259. The van der Waals surface area contributed by atoms with Gasteiger partial charge >= 0.3 is 0 Å². The van der Waals surface area contributed by atoms with Gasteiger partial charge in [-0.1, -0.05) is 6.07 Å². The minimum absolute atomic E-state index is 0.0845. The maximum absolute atomic E-state index is 11.3. The first kappa shape index (κ1) is 12.6. The number of aromatic nitrogens is 2. The summed E-state index contributed by atoms with van der Waals surface area (Å²) >= 11 is 5.46. The second-order valence-electron chi connectivity index (χ2n) is 4.13. The molecule has 0 bridgehead atoms. The SMILES string of the molecule is O=C(CCl)Nc1cccc(-c2nc3cnccc3o2)c1. The molecule has 5 nitrogen and oxygen atoms in total. The average Bonchev–Trinajstić information content (AvgIpc) is 2.91. The number of benzene rings is 1. The number of carbonyl (C=O) groups is 1. The van der Waals surface area contributed by atoms with Crippen LogP contribution in [-0.2, 0) is 4.79 Å². The van der Waals surface area contributed by atoms with Gasteiger partial charge in [-0.15, -0.1) is 11.6 Å². The van der Waals surface area contributed by atoms with E-state index in [0.717, 1.165) is 5.56 Å². The van der Waals surface area contributed by atoms with E-state index in [1.54, 1.807) is 30.6 Å². The molecule has 0 aliphatic rings. The number of fused-ring (bicyclic) bond motifs is 1. The van der Waals surface area contributed by atoms with Crippen LogP contribution in [-0.4, -0.2) is 21.8 Å². The number of hydrogen-bond donors (Lipinski definition) is 1. The number of amides is 1. The summed E-state index contributed by atoms with van der Waals surface area (Å²) in [4.78, 5) is 19.6. The van der Waals surface area contributed by atoms with Gasteiger partial charge in [-0.05, 0) is 18.2 Å². The third kappa shape index (κ3) is 2.48. The molecule has 0 radical (unpaired) electrons. The van der Waals surface area contributed by atoms with Crippen molar-refractivity contribution in [1.82, 2.24) is 9.97 Å². The fourth-order valence-electron chi connectivity index (χ4n) is 1.83. The van der Waals surface area contributed by atoms with E-state index < -0.39 is 0 Å². The first-order chi connectivity index (χ1) is 9.76. The summed E-state index contributed by atoms with van der Waals surface area (Å²) in [5.74, 6) is 0.138. The van der Waals surface area contributed by atoms with Crippen molar-refractivity contribution in [3.8, 4) is 11.5 Å². The third-order valence-electron chi connectivity index (χ3n) is 2.70. The summed E-state index contributed by atoms with van der Waals surface area (Å²) in [5.41, 5.74) is 2.78. The van der Waals surface area contributed by atoms with Gasteiger partial charge in [0.1, 0.15) is 11.4 Å². The first-order valence-corrected chi connectivity index (χ1v) is 6.46. The summed E-state index contributed by atoms with van der Waals surface area (Å²) in [7, 11) is 0. The fraction of sp³-hybridized carbons (Fsp3) is 0.0714. The highest BCUT2D eigenvalue weighted by Gasteiger charge is 2.09. The number of pyridine rings is 1. The van der Waals surface area contributed by atoms with Gasteiger partial charge in [-0.3, -0.25) is 9.78 Å². The Hall–Kier alpha value is -2.40. The van der Waals surface area contributed by atoms with Crippen LogP contribution in [0.3, 0.4) is 0 Å². The lowest BCUT2D eigenvalue weighted by molar-refractivity contribution is -0.113. The van der Waals surface area contributed by atoms with Gasteiger partial charge in [0.15, 0.2) is 5.58 Å². The summed E-state index contributed by atoms with van der Waals surface area (Å²) < 4.78 is 5.65. The zero-order valence-electron chi connectivity index (χ0n) is 10.3. The lowest BCUT2D eigenvalue weighted by Crippen LogP contribution is -2.12. The topological polar surface area (TPSA) is 68.0 Å². The van der Waals surface area contributed by atoms with Crippen molar-refractivity contribution in [1.29, 1.82) is 0 Å². The Morgan fingerprint density at radius 2 is 2.25 bits per heavy atom. The molecule has 0 spiro atoms. The Kier molecular flexibility index (Phi) is 3.35. The van der Waals surface area contributed by atoms with Crippen LogP contribution in [0.2, 0.25) is 0 Å². The van der Waals surface area contributed by atoms with Crippen LogP contribution in [0.1, 0.15) is 0 Å². The fourth-order valence-corrected chi connectivity index (χ4v) is 1.89. The molecule has 1 N–H and O–H groups in total. The molecule has 3 rings (SSSR count). The summed E-state index contributed by atoms with van der Waals surface area (Å²) in [6.07, 6.45) is 3.29. The van der Waals surface area contributed by atoms with Crippen LogP contribution in [0, 0.1) is 0 Å². The van der Waals surface area contributed by atoms with Crippen LogP contribution < -0.4 is 5.32 Å². The van der Waals surface area contributed by atoms with Crippen LogP contribution in [0.5, 0.6) is 0 Å². The number of oxazole rings is 1. The van der Waals surface area contributed by atoms with Crippen LogP contribution >= 0.6 is 11.6 Å². The highest BCUT2D eigenvalue weighted by atomic mass is 35.5. The molecular weight excluding hydrogens is 278 g/mol. The highest BCUT2D eigenvalue weighted by molar-refractivity contribution is 6.29. The lowest BCUT2D eigenvalue weighted by Gasteiger charge is -2.03. The maximum atomic E-state index is 11.3. The van der Waals surface area contributed by atoms with Gasteiger partial charge in [0.2, 0.25) is 11.8 Å². The highest BCUT2D eigenvalue weighted by Crippen LogP contribution is 2.25. The minimum Gasteiger partial charge on any atom is -0.436 e. The first-order valence-electron chi connectivity index (χ1n) is 5.93. The van der Waals surface area contributed by atoms with E-state index >= 15 is 0 Å². The number of alkyl halides is 1. The van der Waals surface area contributed by atoms with E-state index in [1.807, 2.05) is 12.1 Å². The zero-order valence-corrected chi connectivity index (χ0v) is 11.1. The molecule has 0 saturated heterocycles. The Balaban J connectivity index is 1.97. The van der Waals surface area contributed by atoms with Crippen molar-refractivity contribution in [2.45, 2.75) is 0 Å². The molecule has 2 heterocycles. The molecule has 0 unspecified atom stereocenters. The van der Waals surface area contributed by atoms with Gasteiger partial charge in [0.05, 0.1) is 6.20 Å². The number of carbonyl (C=O) groups excluding carboxylic acids is 1. The van der Waals surface area contributed by atoms with Crippen molar-refractivity contribution in [2.75, 3.05) is 11.2 Å². The van der Waals surface area contributed by atoms with E-state index in [9.17, 15) is 4.79 Å². The predicted molar refractivity (Wildman–Crippen MR) is 76.6 cm³/mol. The summed E-state index contributed by atoms with van der Waals surface area (Å²) in [6, 6.07) is 8.98. The number of nitrogens with one attached hydrogen (secondary N) is 1. The van der Waals surface area contributed by atoms with Gasteiger partial charge in [0.25, 0.3) is 0 Å². The van der Waals surface area contributed by atoms with Gasteiger partial charge in [-0.25, -0.2) is 4.98 Å². The van der Waals surface area contributed by atoms with E-state index in [4.69, 9.17) is 16.0 Å². The number of anilines is 1. The molecule has 2 aromatic heterocycles. The molecule has 1 aromatic carbocycles. The van der Waals surface area contributed by atoms with Crippen LogP contribution in [0.4, 0.5) is 5.69 Å². The van der Waals surface area contributed by atoms with Crippen molar-refractivity contribution < 1.29 is 9.21 Å². The molecule has 0 aliphatic heterocycles. The summed E-state index contributed by atoms with van der Waals surface area (Å²) in [6.45, 7) is 0. The molecule has 6 heteroatoms. The Labute approximate surface area is 119 Å². The van der Waals surface area contributed by atoms with E-state index in [2.05, 4.69) is 15.3 Å². The summed E-state index contributed by atoms with van der Waals surface area (Å²) in [5, 5.41) is 2.68. The van der Waals surface area contributed by atoms with Crippen LogP contribution in [0.15, 0.2) is 47.1 Å². The van der Waals surface area contributed by atoms with Crippen molar-refractivity contribution in [2.24, 2.45) is 0 Å². The van der Waals surface area contributed by atoms with E-state index in [1.165, 1.54) is 0 Å². The Morgan fingerprint density at radius 1 is 1.35 bits per heavy atom. The Bertz CT molecular complexity index is 737.